The van der Waals surface area contributed by atoms with Gasteiger partial charge in [0.2, 0.25) is 5.83 Å². The molecule has 0 saturated carbocycles. The second-order valence-corrected chi connectivity index (χ2v) is 5.64. The molecule has 0 aliphatic carbocycles. The highest BCUT2D eigenvalue weighted by Crippen LogP contribution is 2.31. The van der Waals surface area contributed by atoms with Crippen molar-refractivity contribution in [3.8, 4) is 0 Å². The van der Waals surface area contributed by atoms with Crippen molar-refractivity contribution in [2.45, 2.75) is 6.18 Å². The van der Waals surface area contributed by atoms with Crippen molar-refractivity contribution in [1.29, 1.82) is 0 Å². The number of allylic oxidation sites excluding steroid dienone is 1. The number of hydrogen-bond acceptors (Lipinski definition) is 2. The molecule has 0 atom stereocenters. The number of carbonyl (C=O) groups excluding carboxylic acids is 2. The van der Waals surface area contributed by atoms with Crippen LogP contribution in [0.1, 0.15) is 15.9 Å². The lowest BCUT2D eigenvalue weighted by Crippen LogP contribution is -2.35. The van der Waals surface area contributed by atoms with Gasteiger partial charge in [0.15, 0.2) is 0 Å². The van der Waals surface area contributed by atoms with E-state index in [0.29, 0.717) is 0 Å². The minimum absolute atomic E-state index is 0.116. The fourth-order valence-electron chi connectivity index (χ4n) is 1.99. The molecule has 0 aliphatic rings. The molecule has 2 aromatic rings. The Hall–Kier alpha value is -3.01. The average Bonchev–Trinajstić information content (AvgIpc) is 2.56. The molecule has 0 aromatic heterocycles. The number of urea groups is 1. The Balaban J connectivity index is 2.17. The van der Waals surface area contributed by atoms with Crippen LogP contribution in [0.3, 0.4) is 0 Å². The summed E-state index contributed by atoms with van der Waals surface area (Å²) in [5, 5.41) is 3.47. The molecule has 0 aliphatic heterocycles. The molecule has 28 heavy (non-hydrogen) atoms. The van der Waals surface area contributed by atoms with E-state index in [9.17, 15) is 35.9 Å². The fraction of sp³-hybridized carbons (Fsp3) is 0.0588. The molecular formula is C17H9ClF6N2O2. The molecule has 148 valence electrons. The van der Waals surface area contributed by atoms with E-state index in [-0.39, 0.29) is 16.8 Å². The average molecular weight is 423 g/mol. The first kappa shape index (κ1) is 21.3. The van der Waals surface area contributed by atoms with E-state index >= 15 is 0 Å². The fourth-order valence-corrected chi connectivity index (χ4v) is 2.17. The molecule has 0 radical (unpaired) electrons. The van der Waals surface area contributed by atoms with Crippen molar-refractivity contribution in [3.63, 3.8) is 0 Å². The zero-order valence-corrected chi connectivity index (χ0v) is 14.3. The van der Waals surface area contributed by atoms with Crippen LogP contribution in [0, 0.1) is 11.6 Å². The summed E-state index contributed by atoms with van der Waals surface area (Å²) in [6.07, 6.45) is -5.11. The quantitative estimate of drug-likeness (QED) is 0.646. The summed E-state index contributed by atoms with van der Waals surface area (Å²) < 4.78 is 76.9. The first-order valence-corrected chi connectivity index (χ1v) is 7.67. The van der Waals surface area contributed by atoms with Crippen LogP contribution in [-0.2, 0) is 0 Å². The second kappa shape index (κ2) is 8.34. The lowest BCUT2D eigenvalue weighted by Gasteiger charge is -2.10. The number of alkyl halides is 3. The molecular weight excluding hydrogens is 414 g/mol. The topological polar surface area (TPSA) is 58.2 Å². The van der Waals surface area contributed by atoms with Crippen molar-refractivity contribution in [1.82, 2.24) is 5.32 Å². The first-order valence-electron chi connectivity index (χ1n) is 7.29. The maximum Gasteiger partial charge on any atom is 0.442 e. The monoisotopic (exact) mass is 422 g/mol. The molecule has 3 amide bonds. The van der Waals surface area contributed by atoms with Gasteiger partial charge in [0.1, 0.15) is 17.2 Å². The molecule has 2 aromatic carbocycles. The van der Waals surface area contributed by atoms with Crippen LogP contribution in [0.15, 0.2) is 42.2 Å². The lowest BCUT2D eigenvalue weighted by atomic mass is 10.1. The highest BCUT2D eigenvalue weighted by Gasteiger charge is 2.34. The molecule has 0 unspecified atom stereocenters. The van der Waals surface area contributed by atoms with Gasteiger partial charge in [-0.3, -0.25) is 10.1 Å². The molecule has 2 rings (SSSR count). The van der Waals surface area contributed by atoms with E-state index in [0.717, 1.165) is 36.4 Å². The number of rotatable bonds is 3. The molecule has 0 fully saturated rings. The van der Waals surface area contributed by atoms with Crippen LogP contribution in [0.4, 0.5) is 36.8 Å². The van der Waals surface area contributed by atoms with Gasteiger partial charge in [0.05, 0.1) is 0 Å². The lowest BCUT2D eigenvalue weighted by molar-refractivity contribution is -0.107. The van der Waals surface area contributed by atoms with Gasteiger partial charge in [-0.15, -0.1) is 0 Å². The Morgan fingerprint density at radius 3 is 2.21 bits per heavy atom. The van der Waals surface area contributed by atoms with Crippen molar-refractivity contribution in [2.75, 3.05) is 5.32 Å². The van der Waals surface area contributed by atoms with Crippen LogP contribution in [0.5, 0.6) is 0 Å². The Bertz CT molecular complexity index is 939. The van der Waals surface area contributed by atoms with E-state index in [2.05, 4.69) is 5.32 Å². The highest BCUT2D eigenvalue weighted by atomic mass is 35.5. The van der Waals surface area contributed by atoms with Crippen molar-refractivity contribution < 1.29 is 35.9 Å². The van der Waals surface area contributed by atoms with E-state index in [1.54, 1.807) is 5.32 Å². The number of carbonyl (C=O) groups is 2. The van der Waals surface area contributed by atoms with Crippen LogP contribution in [-0.4, -0.2) is 18.1 Å². The van der Waals surface area contributed by atoms with E-state index < -0.39 is 46.7 Å². The SMILES string of the molecule is O=C(NC(=O)c1c(F)cccc1F)Nc1ccc(Cl)c(/C=C(\F)C(F)(F)F)c1. The third kappa shape index (κ3) is 5.26. The predicted molar refractivity (Wildman–Crippen MR) is 89.4 cm³/mol. The molecule has 0 spiro atoms. The smallest absolute Gasteiger partial charge is 0.308 e. The molecule has 2 N–H and O–H groups in total. The molecule has 0 heterocycles. The van der Waals surface area contributed by atoms with E-state index in [4.69, 9.17) is 11.6 Å². The van der Waals surface area contributed by atoms with E-state index in [1.807, 2.05) is 0 Å². The number of amides is 3. The summed E-state index contributed by atoms with van der Waals surface area (Å²) >= 11 is 5.68. The molecule has 4 nitrogen and oxygen atoms in total. The van der Waals surface area contributed by atoms with Crippen molar-refractivity contribution in [2.24, 2.45) is 0 Å². The highest BCUT2D eigenvalue weighted by molar-refractivity contribution is 6.32. The van der Waals surface area contributed by atoms with Crippen LogP contribution < -0.4 is 10.6 Å². The second-order valence-electron chi connectivity index (χ2n) is 5.23. The van der Waals surface area contributed by atoms with Crippen LogP contribution >= 0.6 is 11.6 Å². The maximum absolute atomic E-state index is 13.5. The Kier molecular flexibility index (Phi) is 6.34. The van der Waals surface area contributed by atoms with Gasteiger partial charge in [0, 0.05) is 10.7 Å². The number of halogens is 7. The minimum atomic E-state index is -5.22. The minimum Gasteiger partial charge on any atom is -0.308 e. The largest absolute Gasteiger partial charge is 0.442 e. The number of hydrogen-bond donors (Lipinski definition) is 2. The third-order valence-corrected chi connectivity index (χ3v) is 3.57. The number of anilines is 1. The summed E-state index contributed by atoms with van der Waals surface area (Å²) in [5.74, 6) is -6.20. The maximum atomic E-state index is 13.5. The predicted octanol–water partition coefficient (Wildman–Crippen LogP) is 5.45. The van der Waals surface area contributed by atoms with Gasteiger partial charge < -0.3 is 5.32 Å². The first-order chi connectivity index (χ1) is 13.0. The summed E-state index contributed by atoms with van der Waals surface area (Å²) in [6.45, 7) is 0. The van der Waals surface area contributed by atoms with Gasteiger partial charge in [-0.25, -0.2) is 18.0 Å². The molecule has 0 bridgehead atoms. The normalized spacial score (nSPS) is 11.9. The Morgan fingerprint density at radius 1 is 1.04 bits per heavy atom. The molecule has 0 saturated heterocycles. The summed E-state index contributed by atoms with van der Waals surface area (Å²) in [5.41, 5.74) is -1.56. The van der Waals surface area contributed by atoms with Gasteiger partial charge >= 0.3 is 12.2 Å². The zero-order valence-electron chi connectivity index (χ0n) is 13.5. The standard InChI is InChI=1S/C17H9ClF6N2O2/c18-10-5-4-9(6-8(10)7-13(21)17(22,23)24)25-16(28)26-15(27)14-11(19)2-1-3-12(14)20/h1-7H,(H2,25,26,27,28)/b13-7-. The van der Waals surface area contributed by atoms with Gasteiger partial charge in [-0.05, 0) is 42.0 Å². The van der Waals surface area contributed by atoms with Crippen molar-refractivity contribution >= 4 is 35.3 Å². The van der Waals surface area contributed by atoms with E-state index in [1.165, 1.54) is 0 Å². The van der Waals surface area contributed by atoms with Gasteiger partial charge in [-0.1, -0.05) is 17.7 Å². The van der Waals surface area contributed by atoms with Crippen molar-refractivity contribution in [3.05, 3.63) is 70.0 Å². The number of imide groups is 1. The number of benzene rings is 2. The summed E-state index contributed by atoms with van der Waals surface area (Å²) in [6, 6.07) is 4.53. The summed E-state index contributed by atoms with van der Waals surface area (Å²) in [4.78, 5) is 23.6. The Morgan fingerprint density at radius 2 is 1.64 bits per heavy atom. The van der Waals surface area contributed by atoms with Crippen LogP contribution in [0.25, 0.3) is 6.08 Å². The summed E-state index contributed by atoms with van der Waals surface area (Å²) in [7, 11) is 0. The zero-order chi connectivity index (χ0) is 21.1. The number of nitrogens with one attached hydrogen (secondary N) is 2. The van der Waals surface area contributed by atoms with Crippen LogP contribution in [0.2, 0.25) is 5.02 Å². The Labute approximate surface area is 158 Å². The molecule has 11 heteroatoms. The third-order valence-electron chi connectivity index (χ3n) is 3.22. The van der Waals surface area contributed by atoms with Gasteiger partial charge in [0.25, 0.3) is 5.91 Å². The van der Waals surface area contributed by atoms with Gasteiger partial charge in [-0.2, -0.15) is 13.2 Å².